The smallest absolute Gasteiger partial charge is 0.268 e. The third-order valence-corrected chi connectivity index (χ3v) is 2.20. The fourth-order valence-corrected chi connectivity index (χ4v) is 1.39. The van der Waals surface area contributed by atoms with E-state index in [-0.39, 0.29) is 5.56 Å². The summed E-state index contributed by atoms with van der Waals surface area (Å²) in [4.78, 5) is 11.7. The van der Waals surface area contributed by atoms with Gasteiger partial charge in [0.2, 0.25) is 0 Å². The number of aryl methyl sites for hydroxylation is 1. The Bertz CT molecular complexity index is 506. The zero-order valence-electron chi connectivity index (χ0n) is 8.77. The zero-order valence-corrected chi connectivity index (χ0v) is 8.77. The molecule has 1 heterocycles. The van der Waals surface area contributed by atoms with E-state index in [1.165, 1.54) is 16.8 Å². The molecule has 0 atom stereocenters. The quantitative estimate of drug-likeness (QED) is 0.824. The number of nitrogens with zero attached hydrogens (tertiary/aromatic N) is 1. The molecule has 0 radical (unpaired) electrons. The molecule has 0 spiro atoms. The molecule has 0 saturated carbocycles. The van der Waals surface area contributed by atoms with Crippen LogP contribution in [0.5, 0.6) is 0 Å². The van der Waals surface area contributed by atoms with Gasteiger partial charge < -0.3 is 0 Å². The molecule has 16 heavy (non-hydrogen) atoms. The summed E-state index contributed by atoms with van der Waals surface area (Å²) >= 11 is 0. The van der Waals surface area contributed by atoms with E-state index in [1.54, 1.807) is 37.5 Å². The maximum absolute atomic E-state index is 13.5. The third-order valence-electron chi connectivity index (χ3n) is 2.20. The molecule has 0 aliphatic heterocycles. The van der Waals surface area contributed by atoms with Crippen molar-refractivity contribution in [3.63, 3.8) is 0 Å². The van der Waals surface area contributed by atoms with Crippen LogP contribution >= 0.6 is 0 Å². The number of carbonyl (C=O) groups excluding carboxylic acids is 1. The van der Waals surface area contributed by atoms with Crippen molar-refractivity contribution < 1.29 is 9.18 Å². The van der Waals surface area contributed by atoms with Gasteiger partial charge in [-0.3, -0.25) is 14.9 Å². The first-order valence-corrected chi connectivity index (χ1v) is 4.87. The molecule has 0 aliphatic carbocycles. The van der Waals surface area contributed by atoms with Gasteiger partial charge in [-0.15, -0.1) is 0 Å². The topological polar surface area (TPSA) is 34.0 Å². The van der Waals surface area contributed by atoms with Gasteiger partial charge >= 0.3 is 0 Å². The number of benzene rings is 1. The Morgan fingerprint density at radius 2 is 2.00 bits per heavy atom. The SMILES string of the molecule is Cc1ccc(C(=O)Nn2cccc2)c(F)c1. The van der Waals surface area contributed by atoms with Crippen LogP contribution in [0.4, 0.5) is 4.39 Å². The van der Waals surface area contributed by atoms with Gasteiger partial charge in [-0.05, 0) is 36.8 Å². The zero-order chi connectivity index (χ0) is 11.5. The summed E-state index contributed by atoms with van der Waals surface area (Å²) < 4.78 is 14.9. The lowest BCUT2D eigenvalue weighted by Crippen LogP contribution is -2.22. The number of nitrogens with one attached hydrogen (secondary N) is 1. The van der Waals surface area contributed by atoms with Gasteiger partial charge in [0.1, 0.15) is 5.82 Å². The number of rotatable bonds is 2. The lowest BCUT2D eigenvalue weighted by Gasteiger charge is -2.07. The normalized spacial score (nSPS) is 10.1. The van der Waals surface area contributed by atoms with Crippen LogP contribution in [0.15, 0.2) is 42.7 Å². The van der Waals surface area contributed by atoms with Crippen LogP contribution < -0.4 is 5.43 Å². The molecule has 1 N–H and O–H groups in total. The molecular weight excluding hydrogens is 207 g/mol. The second-order valence-corrected chi connectivity index (χ2v) is 3.51. The van der Waals surface area contributed by atoms with Crippen LogP contribution in [0, 0.1) is 12.7 Å². The lowest BCUT2D eigenvalue weighted by atomic mass is 10.1. The van der Waals surface area contributed by atoms with Gasteiger partial charge in [0.25, 0.3) is 5.91 Å². The van der Waals surface area contributed by atoms with Gasteiger partial charge in [0, 0.05) is 12.4 Å². The molecule has 0 fully saturated rings. The molecular formula is C12H11FN2O. The number of carbonyl (C=O) groups is 1. The molecule has 0 saturated heterocycles. The highest BCUT2D eigenvalue weighted by Gasteiger charge is 2.11. The molecule has 0 aliphatic rings. The number of halogens is 1. The van der Waals surface area contributed by atoms with E-state index in [0.717, 1.165) is 5.56 Å². The second kappa shape index (κ2) is 4.18. The van der Waals surface area contributed by atoms with Crippen molar-refractivity contribution in [2.75, 3.05) is 5.43 Å². The van der Waals surface area contributed by atoms with Crippen molar-refractivity contribution in [2.45, 2.75) is 6.92 Å². The van der Waals surface area contributed by atoms with E-state index in [0.29, 0.717) is 0 Å². The first-order chi connectivity index (χ1) is 7.66. The van der Waals surface area contributed by atoms with Crippen LogP contribution in [0.3, 0.4) is 0 Å². The molecule has 2 rings (SSSR count). The van der Waals surface area contributed by atoms with Crippen molar-refractivity contribution in [2.24, 2.45) is 0 Å². The number of hydrogen-bond acceptors (Lipinski definition) is 1. The number of amides is 1. The maximum Gasteiger partial charge on any atom is 0.273 e. The van der Waals surface area contributed by atoms with Crippen molar-refractivity contribution in [1.29, 1.82) is 0 Å². The average Bonchev–Trinajstić information content (AvgIpc) is 2.70. The molecule has 1 aromatic carbocycles. The summed E-state index contributed by atoms with van der Waals surface area (Å²) in [6.07, 6.45) is 3.34. The minimum atomic E-state index is -0.510. The van der Waals surface area contributed by atoms with Crippen molar-refractivity contribution in [3.8, 4) is 0 Å². The minimum absolute atomic E-state index is 0.0410. The van der Waals surface area contributed by atoms with Gasteiger partial charge in [-0.25, -0.2) is 4.39 Å². The first kappa shape index (κ1) is 10.4. The van der Waals surface area contributed by atoms with E-state index in [1.807, 2.05) is 0 Å². The van der Waals surface area contributed by atoms with Gasteiger partial charge in [-0.1, -0.05) is 6.07 Å². The minimum Gasteiger partial charge on any atom is -0.268 e. The fourth-order valence-electron chi connectivity index (χ4n) is 1.39. The molecule has 1 aromatic heterocycles. The van der Waals surface area contributed by atoms with Gasteiger partial charge in [-0.2, -0.15) is 0 Å². The Labute approximate surface area is 92.5 Å². The summed E-state index contributed by atoms with van der Waals surface area (Å²) in [5, 5.41) is 0. The molecule has 0 unspecified atom stereocenters. The van der Waals surface area contributed by atoms with Crippen molar-refractivity contribution in [3.05, 3.63) is 59.7 Å². The van der Waals surface area contributed by atoms with Crippen LogP contribution in [0.25, 0.3) is 0 Å². The highest BCUT2D eigenvalue weighted by molar-refractivity contribution is 6.00. The van der Waals surface area contributed by atoms with Crippen molar-refractivity contribution >= 4 is 5.91 Å². The Balaban J connectivity index is 2.21. The molecule has 4 heteroatoms. The van der Waals surface area contributed by atoms with E-state index < -0.39 is 11.7 Å². The predicted molar refractivity (Wildman–Crippen MR) is 59.3 cm³/mol. The van der Waals surface area contributed by atoms with Crippen molar-refractivity contribution in [1.82, 2.24) is 4.68 Å². The molecule has 2 aromatic rings. The molecule has 3 nitrogen and oxygen atoms in total. The Morgan fingerprint density at radius 1 is 1.31 bits per heavy atom. The predicted octanol–water partition coefficient (Wildman–Crippen LogP) is 2.32. The summed E-state index contributed by atoms with van der Waals surface area (Å²) in [7, 11) is 0. The van der Waals surface area contributed by atoms with Gasteiger partial charge in [0.15, 0.2) is 0 Å². The summed E-state index contributed by atoms with van der Waals surface area (Å²) in [5.74, 6) is -0.974. The summed E-state index contributed by atoms with van der Waals surface area (Å²) in [6.45, 7) is 1.77. The number of hydrogen-bond donors (Lipinski definition) is 1. The van der Waals surface area contributed by atoms with E-state index >= 15 is 0 Å². The largest absolute Gasteiger partial charge is 0.273 e. The first-order valence-electron chi connectivity index (χ1n) is 4.87. The van der Waals surface area contributed by atoms with Gasteiger partial charge in [0.05, 0.1) is 5.56 Å². The molecule has 0 bridgehead atoms. The highest BCUT2D eigenvalue weighted by atomic mass is 19.1. The Hall–Kier alpha value is -2.10. The molecule has 1 amide bonds. The monoisotopic (exact) mass is 218 g/mol. The average molecular weight is 218 g/mol. The Kier molecular flexibility index (Phi) is 2.72. The fraction of sp³-hybridized carbons (Fsp3) is 0.0833. The van der Waals surface area contributed by atoms with Crippen LogP contribution in [0.2, 0.25) is 0 Å². The summed E-state index contributed by atoms with van der Waals surface area (Å²) in [5.41, 5.74) is 3.36. The van der Waals surface area contributed by atoms with Crippen LogP contribution in [-0.4, -0.2) is 10.6 Å². The second-order valence-electron chi connectivity index (χ2n) is 3.51. The van der Waals surface area contributed by atoms with E-state index in [9.17, 15) is 9.18 Å². The van der Waals surface area contributed by atoms with E-state index in [4.69, 9.17) is 0 Å². The Morgan fingerprint density at radius 3 is 2.62 bits per heavy atom. The van der Waals surface area contributed by atoms with Crippen LogP contribution in [0.1, 0.15) is 15.9 Å². The lowest BCUT2D eigenvalue weighted by molar-refractivity contribution is 0.100. The third kappa shape index (κ3) is 2.11. The van der Waals surface area contributed by atoms with Crippen LogP contribution in [-0.2, 0) is 0 Å². The van der Waals surface area contributed by atoms with E-state index in [2.05, 4.69) is 5.43 Å². The molecule has 82 valence electrons. The standard InChI is InChI=1S/C12H11FN2O/c1-9-4-5-10(11(13)8-9)12(16)14-15-6-2-3-7-15/h2-8H,1H3,(H,14,16). The summed E-state index contributed by atoms with van der Waals surface area (Å²) in [6, 6.07) is 8.05. The number of aromatic nitrogens is 1. The maximum atomic E-state index is 13.5. The highest BCUT2D eigenvalue weighted by Crippen LogP contribution is 2.09.